The molecular formula is C99H149Cl2N5O17RuSi2. The number of ether oxygens (including phenoxy) is 5. The fraction of sp³-hybridized carbons (Fsp3) is 0.657. The van der Waals surface area contributed by atoms with Crippen molar-refractivity contribution in [2.75, 3.05) is 50.2 Å². The van der Waals surface area contributed by atoms with Crippen molar-refractivity contribution in [3.8, 4) is 5.75 Å². The molecule has 3 saturated heterocycles. The van der Waals surface area contributed by atoms with E-state index in [9.17, 15) is 48.5 Å². The Bertz CT molecular complexity index is 4280. The molecule has 0 bridgehead atoms. The van der Waals surface area contributed by atoms with E-state index in [0.29, 0.717) is 62.9 Å². The zero-order valence-electron chi connectivity index (χ0n) is 79.3. The summed E-state index contributed by atoms with van der Waals surface area (Å²) < 4.78 is 41.3. The van der Waals surface area contributed by atoms with Gasteiger partial charge in [0.15, 0.2) is 28.2 Å². The van der Waals surface area contributed by atoms with Crippen LogP contribution in [0.1, 0.15) is 261 Å². The molecule has 126 heavy (non-hydrogen) atoms. The average molecular weight is 1910 g/mol. The molecule has 0 spiro atoms. The van der Waals surface area contributed by atoms with Gasteiger partial charge in [-0.05, 0) is 215 Å². The van der Waals surface area contributed by atoms with Gasteiger partial charge in [0.2, 0.25) is 11.8 Å². The average Bonchev–Trinajstić information content (AvgIpc) is 1.58. The van der Waals surface area contributed by atoms with Crippen molar-refractivity contribution in [2.24, 2.45) is 34.5 Å². The fourth-order valence-corrected chi connectivity index (χ4v) is 23.3. The van der Waals surface area contributed by atoms with Gasteiger partial charge in [0, 0.05) is 75.1 Å². The number of amides is 2. The van der Waals surface area contributed by atoms with Crippen LogP contribution < -0.4 is 9.80 Å². The van der Waals surface area contributed by atoms with Crippen molar-refractivity contribution >= 4 is 105 Å². The van der Waals surface area contributed by atoms with Crippen LogP contribution in [0.5, 0.6) is 5.75 Å². The molecule has 4 saturated carbocycles. The number of non-ortho nitro benzene ring substituents is 1. The molecule has 0 aromatic heterocycles. The number of nitro groups is 1. The number of methoxy groups -OCH3 is 2. The van der Waals surface area contributed by atoms with Crippen LogP contribution in [0.2, 0.25) is 36.3 Å². The summed E-state index contributed by atoms with van der Waals surface area (Å²) in [5.74, 6) is -2.64. The van der Waals surface area contributed by atoms with E-state index in [2.05, 4.69) is 180 Å². The maximum atomic E-state index is 14.4. The second-order valence-corrected chi connectivity index (χ2v) is 55.3. The number of nitro benzene ring substituents is 1. The van der Waals surface area contributed by atoms with E-state index in [1.54, 1.807) is 26.6 Å². The number of nitrogens with zero attached hydrogens (tertiary/aromatic N) is 5. The number of Topliss-reactive ketones (excluding diaryl/α,β-unsaturated/α-hetero) is 2. The van der Waals surface area contributed by atoms with Crippen molar-refractivity contribution in [3.63, 3.8) is 0 Å². The van der Waals surface area contributed by atoms with Crippen LogP contribution in [0.4, 0.5) is 17.1 Å². The number of likely N-dealkylation sites (tertiary alicyclic amines) is 1. The van der Waals surface area contributed by atoms with Crippen LogP contribution in [-0.4, -0.2) is 171 Å². The maximum Gasteiger partial charge on any atom is 0.312 e. The zero-order valence-corrected chi connectivity index (χ0v) is 84.6. The molecule has 2 amide bonds. The van der Waals surface area contributed by atoms with E-state index >= 15 is 0 Å². The summed E-state index contributed by atoms with van der Waals surface area (Å²) in [6.45, 7) is 51.4. The van der Waals surface area contributed by atoms with E-state index in [-0.39, 0.29) is 125 Å². The Hall–Kier alpha value is -6.73. The predicted molar refractivity (Wildman–Crippen MR) is 504 cm³/mol. The first-order chi connectivity index (χ1) is 59.2. The smallest absolute Gasteiger partial charge is 0.312 e. The number of aliphatic hydroxyl groups is 1. The monoisotopic (exact) mass is 1910 g/mol. The van der Waals surface area contributed by atoms with Crippen molar-refractivity contribution in [2.45, 2.75) is 343 Å². The SMILES string of the molecule is C=CCCCCC[C@H](CC(=O)OC1CCCC1)C(=O)N1C[C@H](O[Si](C)(C)C(C)(C)C)C[C@H]1C(=O)C[C@]1(C(=O)OC)C[C@H]1C=C.CC(C)[OH+]c1ccc([N+](=O)[O-])cc1[CH]=[Ru]([Cl])[Cl].COC(=O)[C@]12CC(=O)[C@@H]3C[C@@H](O[Si](C)(C)C(C)(C)C)CN3C(=O)[C@@H](CC(=O)OC3CCCC3)CCCCC/C=C\[C@@H]1C2.Cc1cc(C)c(N2[CH-]N(c3c(C)cc(C)cc3C)CC2)c(C)c1. The molecule has 4 heterocycles. The molecule has 3 aromatic rings. The third-order valence-electron chi connectivity index (χ3n) is 27.6. The first kappa shape index (κ1) is 105. The number of carbonyl (C=O) groups is 8. The van der Waals surface area contributed by atoms with Gasteiger partial charge in [0.1, 0.15) is 12.2 Å². The summed E-state index contributed by atoms with van der Waals surface area (Å²) in [6.07, 6.45) is 25.3. The Morgan fingerprint density at radius 1 is 0.698 bits per heavy atom. The molecular weight excluding hydrogens is 1760 g/mol. The number of esters is 4. The molecule has 702 valence electrons. The van der Waals surface area contributed by atoms with E-state index in [1.165, 1.54) is 71.1 Å². The molecule has 0 unspecified atom stereocenters. The number of carbonyl (C=O) groups excluding carboxylic acids is 8. The Kier molecular flexibility index (Phi) is 38.5. The molecule has 8 aliphatic rings. The third-order valence-corrected chi connectivity index (χ3v) is 38.5. The molecule has 3 aromatic carbocycles. The molecule has 11 rings (SSSR count). The van der Waals surface area contributed by atoms with Gasteiger partial charge >= 0.3 is 136 Å². The number of unbranched alkanes of at least 4 members (excludes halogenated alkanes) is 3. The number of hydrogen-bond acceptors (Lipinski definition) is 18. The van der Waals surface area contributed by atoms with Gasteiger partial charge in [-0.1, -0.05) is 127 Å². The Labute approximate surface area is 767 Å². The van der Waals surface area contributed by atoms with Crippen LogP contribution in [-0.2, 0) is 79.7 Å². The summed E-state index contributed by atoms with van der Waals surface area (Å²) in [7, 11) is 9.93. The number of halogens is 2. The summed E-state index contributed by atoms with van der Waals surface area (Å²) in [5, 5.41) is 10.6. The van der Waals surface area contributed by atoms with Crippen LogP contribution in [0.25, 0.3) is 0 Å². The largest absolute Gasteiger partial charge is 0.502 e. The second-order valence-electron chi connectivity index (χ2n) is 40.0. The number of ketones is 2. The van der Waals surface area contributed by atoms with Crippen molar-refractivity contribution in [1.29, 1.82) is 0 Å². The van der Waals surface area contributed by atoms with E-state index in [0.717, 1.165) is 116 Å². The minimum absolute atomic E-state index is 0.00639. The molecule has 27 heteroatoms. The number of anilines is 2. The maximum absolute atomic E-state index is 14.4. The predicted octanol–water partition coefficient (Wildman–Crippen LogP) is 21.4. The van der Waals surface area contributed by atoms with Gasteiger partial charge in [-0.15, -0.1) is 13.2 Å². The fourth-order valence-electron chi connectivity index (χ4n) is 18.8. The first-order valence-corrected chi connectivity index (χ1v) is 57.4. The first-order valence-electron chi connectivity index (χ1n) is 46.1. The van der Waals surface area contributed by atoms with Gasteiger partial charge in [0.25, 0.3) is 0 Å². The van der Waals surface area contributed by atoms with Gasteiger partial charge in [-0.25, -0.2) is 0 Å². The minimum atomic E-state index is -2.20. The Morgan fingerprint density at radius 2 is 1.24 bits per heavy atom. The number of aromatic hydroxyl groups is 1. The van der Waals surface area contributed by atoms with Crippen LogP contribution >= 0.6 is 19.4 Å². The number of rotatable bonds is 29. The van der Waals surface area contributed by atoms with Crippen molar-refractivity contribution in [1.82, 2.24) is 9.80 Å². The number of aryl methyl sites for hydroxylation is 6. The summed E-state index contributed by atoms with van der Waals surface area (Å²) >= 11 is -2.03. The van der Waals surface area contributed by atoms with Gasteiger partial charge in [0.05, 0.1) is 62.2 Å². The van der Waals surface area contributed by atoms with Gasteiger partial charge in [-0.2, -0.15) is 6.67 Å². The molecule has 7 fully saturated rings. The van der Waals surface area contributed by atoms with Crippen LogP contribution in [0, 0.1) is 92.8 Å². The van der Waals surface area contributed by atoms with Crippen LogP contribution in [0.15, 0.2) is 79.9 Å². The Morgan fingerprint density at radius 3 is 1.74 bits per heavy atom. The van der Waals surface area contributed by atoms with Crippen LogP contribution in [0.3, 0.4) is 0 Å². The van der Waals surface area contributed by atoms with Crippen molar-refractivity contribution < 1.29 is 89.3 Å². The molecule has 1 N–H and O–H groups in total. The Balaban J connectivity index is 0.000000221. The molecule has 0 radical (unpaired) electrons. The normalized spacial score (nSPS) is 24.2. The van der Waals surface area contributed by atoms with E-state index in [4.69, 9.17) is 47.2 Å². The zero-order chi connectivity index (χ0) is 93.1. The molecule has 10 atom stereocenters. The standard InChI is InChI=1S/C35H57NO7Si.C33H53NO7Si.C21H27N2.C10H11NO3.2ClH.Ru/c1-9-11-12-13-14-17-25(20-31(38)42-27-18-15-16-19-27)32(39)36-24-28(43-44(7,8)34(3,4)5)21-29(36)30(37)23-35(33(40)41-6)22-26(35)10-2;1-32(2,3)42(5,6)41-26-19-27-28(35)21-33(31(38)39-4)20-24(33)15-11-9-7-8-10-14-23(30(37)34(27)22-26)18-29(36)40-25-16-12-13-17-25;1-14-9-16(3)20(17(4)10-14)22-7-8-23(13-22)21-18(5)11-15(2)12-19(21)6;1-7(2)14-10-5-4-9(11(12)13)6-8(10)3;;;/h9-10,25-29H,1-2,11-24H2,3-8H3;11,15,23-27H,7-10,12-14,16-22H2,1-6H3;9-13H,7-8H2,1-6H3;3-7H,1-2H3;2*1H;/q;;-1;;;;+2/p-1/b;15-11-;;;;;/t25-,26-,28-,29+,35-;23-,24-,26-,27+,33-;;;;;/m11...../s1. The number of benzene rings is 3. The van der Waals surface area contributed by atoms with E-state index in [1.807, 2.05) is 19.9 Å². The third kappa shape index (κ3) is 28.4. The van der Waals surface area contributed by atoms with Crippen molar-refractivity contribution in [3.05, 3.63) is 136 Å². The van der Waals surface area contributed by atoms with Gasteiger partial charge in [-0.3, -0.25) is 38.4 Å². The topological polar surface area (TPSA) is 261 Å². The second kappa shape index (κ2) is 46.4. The quantitative estimate of drug-likeness (QED) is 0.00720. The minimum Gasteiger partial charge on any atom is -0.502 e. The molecule has 22 nitrogen and oxygen atoms in total. The number of allylic oxidation sites excluding steroid dienone is 4. The number of hydrogen-bond donors (Lipinski definition) is 0. The summed E-state index contributed by atoms with van der Waals surface area (Å²) in [4.78, 5) is 127. The summed E-state index contributed by atoms with van der Waals surface area (Å²) in [5.41, 5.74) is 9.71. The van der Waals surface area contributed by atoms with Gasteiger partial charge < -0.3 is 47.4 Å². The number of fused-ring (bicyclic) bond motifs is 2. The molecule has 4 aliphatic heterocycles. The molecule has 4 aliphatic carbocycles. The van der Waals surface area contributed by atoms with E-state index < -0.39 is 75.8 Å². The summed E-state index contributed by atoms with van der Waals surface area (Å²) in [6, 6.07) is 12.2.